The molecule has 2 aromatic carbocycles. The minimum Gasteiger partial charge on any atom is -0.333 e. The molecule has 3 heterocycles. The lowest BCUT2D eigenvalue weighted by Gasteiger charge is -2.29. The number of carbonyl (C=O) groups is 2. The number of anilines is 1. The molecule has 0 spiro atoms. The number of thiophene rings is 2. The molecule has 1 aliphatic rings. The van der Waals surface area contributed by atoms with Crippen LogP contribution in [0.5, 0.6) is 0 Å². The maximum absolute atomic E-state index is 12.7. The van der Waals surface area contributed by atoms with Crippen molar-refractivity contribution in [3.63, 3.8) is 0 Å². The SMILES string of the molecule is O=C(Nc1ccc2c(c1)CN(C(=O)c1cccs1)CC2)c1ccc(-c2ccsc2)cc1. The van der Waals surface area contributed by atoms with Gasteiger partial charge in [-0.15, -0.1) is 11.3 Å². The lowest BCUT2D eigenvalue weighted by molar-refractivity contribution is 0.0739. The molecule has 1 N–H and O–H groups in total. The van der Waals surface area contributed by atoms with E-state index in [0.717, 1.165) is 33.7 Å². The number of amides is 2. The average molecular weight is 445 g/mol. The minimum absolute atomic E-state index is 0.0702. The molecule has 0 unspecified atom stereocenters. The second kappa shape index (κ2) is 8.49. The van der Waals surface area contributed by atoms with Gasteiger partial charge in [0.05, 0.1) is 4.88 Å². The third-order valence-corrected chi connectivity index (χ3v) is 7.04. The molecule has 0 saturated heterocycles. The summed E-state index contributed by atoms with van der Waals surface area (Å²) in [5, 5.41) is 9.05. The van der Waals surface area contributed by atoms with Gasteiger partial charge in [0.1, 0.15) is 0 Å². The predicted octanol–water partition coefficient (Wildman–Crippen LogP) is 5.93. The van der Waals surface area contributed by atoms with Gasteiger partial charge < -0.3 is 10.2 Å². The van der Waals surface area contributed by atoms with Gasteiger partial charge in [0, 0.05) is 24.3 Å². The van der Waals surface area contributed by atoms with Gasteiger partial charge in [0.25, 0.3) is 11.8 Å². The first-order valence-electron chi connectivity index (χ1n) is 10.1. The first kappa shape index (κ1) is 19.7. The highest BCUT2D eigenvalue weighted by Crippen LogP contribution is 2.26. The summed E-state index contributed by atoms with van der Waals surface area (Å²) >= 11 is 3.12. The molecule has 0 saturated carbocycles. The van der Waals surface area contributed by atoms with Gasteiger partial charge in [0.15, 0.2) is 0 Å². The number of rotatable bonds is 4. The molecular weight excluding hydrogens is 424 g/mol. The lowest BCUT2D eigenvalue weighted by Crippen LogP contribution is -2.35. The molecule has 0 fully saturated rings. The number of fused-ring (bicyclic) bond motifs is 1. The summed E-state index contributed by atoms with van der Waals surface area (Å²) < 4.78 is 0. The number of hydrogen-bond donors (Lipinski definition) is 1. The van der Waals surface area contributed by atoms with Crippen LogP contribution < -0.4 is 5.32 Å². The molecule has 6 heteroatoms. The minimum atomic E-state index is -0.140. The first-order valence-corrected chi connectivity index (χ1v) is 11.9. The summed E-state index contributed by atoms with van der Waals surface area (Å²) in [6.07, 6.45) is 0.824. The van der Waals surface area contributed by atoms with Gasteiger partial charge in [-0.25, -0.2) is 0 Å². The summed E-state index contributed by atoms with van der Waals surface area (Å²) in [7, 11) is 0. The molecule has 154 valence electrons. The van der Waals surface area contributed by atoms with E-state index in [1.165, 1.54) is 16.9 Å². The maximum atomic E-state index is 12.7. The number of nitrogens with zero attached hydrogens (tertiary/aromatic N) is 1. The Morgan fingerprint density at radius 1 is 0.903 bits per heavy atom. The Balaban J connectivity index is 1.29. The number of hydrogen-bond acceptors (Lipinski definition) is 4. The van der Waals surface area contributed by atoms with E-state index < -0.39 is 0 Å². The van der Waals surface area contributed by atoms with E-state index in [4.69, 9.17) is 0 Å². The summed E-state index contributed by atoms with van der Waals surface area (Å²) in [4.78, 5) is 28.1. The zero-order valence-electron chi connectivity index (χ0n) is 16.7. The van der Waals surface area contributed by atoms with Crippen LogP contribution in [0.15, 0.2) is 76.8 Å². The maximum Gasteiger partial charge on any atom is 0.264 e. The molecule has 5 rings (SSSR count). The molecular formula is C25H20N2O2S2. The normalized spacial score (nSPS) is 13.0. The van der Waals surface area contributed by atoms with Crippen molar-refractivity contribution in [2.75, 3.05) is 11.9 Å². The van der Waals surface area contributed by atoms with E-state index in [1.54, 1.807) is 11.3 Å². The van der Waals surface area contributed by atoms with Gasteiger partial charge in [-0.1, -0.05) is 24.3 Å². The Morgan fingerprint density at radius 2 is 1.77 bits per heavy atom. The van der Waals surface area contributed by atoms with Crippen molar-refractivity contribution < 1.29 is 9.59 Å². The van der Waals surface area contributed by atoms with Crippen LogP contribution in [0, 0.1) is 0 Å². The molecule has 0 radical (unpaired) electrons. The third kappa shape index (κ3) is 4.17. The van der Waals surface area contributed by atoms with E-state index in [0.29, 0.717) is 18.7 Å². The Kier molecular flexibility index (Phi) is 5.40. The highest BCUT2D eigenvalue weighted by Gasteiger charge is 2.22. The Bertz CT molecular complexity index is 1210. The summed E-state index contributed by atoms with van der Waals surface area (Å²) in [6.45, 7) is 1.27. The fraction of sp³-hybridized carbons (Fsp3) is 0.120. The second-order valence-electron chi connectivity index (χ2n) is 7.48. The fourth-order valence-electron chi connectivity index (χ4n) is 3.81. The molecule has 2 amide bonds. The van der Waals surface area contributed by atoms with Crippen LogP contribution in [0.4, 0.5) is 5.69 Å². The first-order chi connectivity index (χ1) is 15.2. The summed E-state index contributed by atoms with van der Waals surface area (Å²) in [5.41, 5.74) is 5.94. The van der Waals surface area contributed by atoms with Crippen molar-refractivity contribution in [2.45, 2.75) is 13.0 Å². The van der Waals surface area contributed by atoms with Crippen molar-refractivity contribution in [3.05, 3.63) is 98.4 Å². The molecule has 0 aliphatic carbocycles. The zero-order valence-corrected chi connectivity index (χ0v) is 18.3. The van der Waals surface area contributed by atoms with Crippen LogP contribution in [-0.4, -0.2) is 23.3 Å². The molecule has 2 aromatic heterocycles. The fourth-order valence-corrected chi connectivity index (χ4v) is 5.17. The molecule has 4 nitrogen and oxygen atoms in total. The van der Waals surface area contributed by atoms with Gasteiger partial charge in [-0.2, -0.15) is 11.3 Å². The third-order valence-electron chi connectivity index (χ3n) is 5.50. The van der Waals surface area contributed by atoms with Crippen LogP contribution >= 0.6 is 22.7 Å². The van der Waals surface area contributed by atoms with Crippen LogP contribution in [0.1, 0.15) is 31.2 Å². The Labute approximate surface area is 188 Å². The smallest absolute Gasteiger partial charge is 0.264 e. The zero-order chi connectivity index (χ0) is 21.2. The second-order valence-corrected chi connectivity index (χ2v) is 9.21. The summed E-state index contributed by atoms with van der Waals surface area (Å²) in [6, 6.07) is 19.4. The highest BCUT2D eigenvalue weighted by atomic mass is 32.1. The van der Waals surface area contributed by atoms with Gasteiger partial charge >= 0.3 is 0 Å². The van der Waals surface area contributed by atoms with Crippen LogP contribution in [0.3, 0.4) is 0 Å². The molecule has 1 aliphatic heterocycles. The quantitative estimate of drug-likeness (QED) is 0.424. The van der Waals surface area contributed by atoms with Crippen molar-refractivity contribution >= 4 is 40.2 Å². The van der Waals surface area contributed by atoms with Gasteiger partial charge in [-0.3, -0.25) is 9.59 Å². The number of nitrogens with one attached hydrogen (secondary N) is 1. The molecule has 31 heavy (non-hydrogen) atoms. The van der Waals surface area contributed by atoms with E-state index in [-0.39, 0.29) is 11.8 Å². The Hall–Kier alpha value is -3.22. The van der Waals surface area contributed by atoms with E-state index >= 15 is 0 Å². The molecule has 4 aromatic rings. The largest absolute Gasteiger partial charge is 0.333 e. The highest BCUT2D eigenvalue weighted by molar-refractivity contribution is 7.12. The van der Waals surface area contributed by atoms with Crippen molar-refractivity contribution in [1.82, 2.24) is 4.90 Å². The van der Waals surface area contributed by atoms with E-state index in [2.05, 4.69) is 22.8 Å². The summed E-state index contributed by atoms with van der Waals surface area (Å²) in [5.74, 6) is -0.0695. The van der Waals surface area contributed by atoms with Gasteiger partial charge in [-0.05, 0) is 81.2 Å². The number of carbonyl (C=O) groups excluding carboxylic acids is 2. The Morgan fingerprint density at radius 3 is 2.52 bits per heavy atom. The monoisotopic (exact) mass is 444 g/mol. The van der Waals surface area contributed by atoms with E-state index in [9.17, 15) is 9.59 Å². The average Bonchev–Trinajstić information content (AvgIpc) is 3.53. The number of benzene rings is 2. The molecule has 0 bridgehead atoms. The van der Waals surface area contributed by atoms with Crippen LogP contribution in [0.25, 0.3) is 11.1 Å². The van der Waals surface area contributed by atoms with Crippen molar-refractivity contribution in [3.8, 4) is 11.1 Å². The van der Waals surface area contributed by atoms with Crippen LogP contribution in [-0.2, 0) is 13.0 Å². The lowest BCUT2D eigenvalue weighted by atomic mass is 9.98. The predicted molar refractivity (Wildman–Crippen MR) is 127 cm³/mol. The van der Waals surface area contributed by atoms with Crippen molar-refractivity contribution in [2.24, 2.45) is 0 Å². The molecule has 0 atom stereocenters. The topological polar surface area (TPSA) is 49.4 Å². The van der Waals surface area contributed by atoms with Crippen LogP contribution in [0.2, 0.25) is 0 Å². The van der Waals surface area contributed by atoms with E-state index in [1.807, 2.05) is 64.2 Å². The standard InChI is InChI=1S/C25H20N2O2S2/c28-24(19-5-3-17(4-6-19)20-10-13-30-16-20)26-22-8-7-18-9-11-27(15-21(18)14-22)25(29)23-2-1-12-31-23/h1-8,10,12-14,16H,9,11,15H2,(H,26,28). The van der Waals surface area contributed by atoms with Crippen molar-refractivity contribution in [1.29, 1.82) is 0 Å². The van der Waals surface area contributed by atoms with Gasteiger partial charge in [0.2, 0.25) is 0 Å².